The van der Waals surface area contributed by atoms with Crippen molar-refractivity contribution in [3.63, 3.8) is 0 Å². The molecule has 0 bridgehead atoms. The molecule has 2 N–H and O–H groups in total. The van der Waals surface area contributed by atoms with E-state index >= 15 is 0 Å². The highest BCUT2D eigenvalue weighted by Crippen LogP contribution is 2.35. The predicted octanol–water partition coefficient (Wildman–Crippen LogP) is 4.39. The fourth-order valence-electron chi connectivity index (χ4n) is 4.43. The Morgan fingerprint density at radius 3 is 2.73 bits per heavy atom. The number of pyridine rings is 3. The fourth-order valence-corrected chi connectivity index (χ4v) is 4.43. The van der Waals surface area contributed by atoms with E-state index in [-0.39, 0.29) is 11.9 Å². The fraction of sp³-hybridized carbons (Fsp3) is 0.192. The van der Waals surface area contributed by atoms with E-state index in [1.165, 1.54) is 6.20 Å². The molecule has 1 atom stereocenters. The normalized spacial score (nSPS) is 17.0. The lowest BCUT2D eigenvalue weighted by Crippen LogP contribution is -2.49. The van der Waals surface area contributed by atoms with Crippen molar-refractivity contribution in [2.24, 2.45) is 0 Å². The quantitative estimate of drug-likeness (QED) is 0.388. The van der Waals surface area contributed by atoms with Gasteiger partial charge in [-0.2, -0.15) is 9.37 Å². The predicted molar refractivity (Wildman–Crippen MR) is 135 cm³/mol. The van der Waals surface area contributed by atoms with E-state index in [1.54, 1.807) is 18.3 Å². The van der Waals surface area contributed by atoms with Gasteiger partial charge in [-0.15, -0.1) is 0 Å². The van der Waals surface area contributed by atoms with Crippen LogP contribution in [0.15, 0.2) is 55.0 Å². The molecule has 0 amide bonds. The van der Waals surface area contributed by atoms with Crippen LogP contribution < -0.4 is 15.5 Å². The van der Waals surface area contributed by atoms with Crippen molar-refractivity contribution in [2.45, 2.75) is 13.0 Å². The Hall–Kier alpha value is -4.38. The number of nitrogens with zero attached hydrogens (tertiary/aromatic N) is 6. The van der Waals surface area contributed by atoms with Crippen LogP contribution in [0.3, 0.4) is 0 Å². The molecule has 0 aromatic carbocycles. The van der Waals surface area contributed by atoms with Crippen LogP contribution in [0.25, 0.3) is 27.9 Å². The number of piperazine rings is 1. The molecule has 4 aromatic rings. The highest BCUT2D eigenvalue weighted by Gasteiger charge is 2.24. The number of anilines is 3. The molecular formula is C26H21F3N8. The standard InChI is InChI=1S/C26H21F3N8/c1-14-13-37(8-7-31-14)26-22-17(15-3-2-4-15)11-30-12-20(22)33-24(36-26)16-5-6-32-21(9-16)34-25-19(28)10-18(27)23(29)35-25/h2-6,9-12,14,31H,7-8,13H2,1H3,(H,32,34,35)/t14-/m0/s1. The van der Waals surface area contributed by atoms with E-state index in [4.69, 9.17) is 9.97 Å². The van der Waals surface area contributed by atoms with Gasteiger partial charge in [-0.3, -0.25) is 4.98 Å². The maximum absolute atomic E-state index is 14.1. The number of hydrogen-bond donors (Lipinski definition) is 2. The summed E-state index contributed by atoms with van der Waals surface area (Å²) >= 11 is 0. The van der Waals surface area contributed by atoms with Crippen LogP contribution in [0.2, 0.25) is 0 Å². The molecule has 11 heteroatoms. The number of aromatic nitrogens is 5. The first kappa shape index (κ1) is 23.0. The maximum Gasteiger partial charge on any atom is 0.251 e. The third-order valence-corrected chi connectivity index (χ3v) is 6.27. The van der Waals surface area contributed by atoms with Crippen molar-refractivity contribution >= 4 is 33.9 Å². The lowest BCUT2D eigenvalue weighted by Gasteiger charge is -2.34. The Kier molecular flexibility index (Phi) is 5.76. The summed E-state index contributed by atoms with van der Waals surface area (Å²) in [5, 5.41) is 6.98. The highest BCUT2D eigenvalue weighted by atomic mass is 19.2. The van der Waals surface area contributed by atoms with E-state index in [0.29, 0.717) is 23.0 Å². The summed E-state index contributed by atoms with van der Waals surface area (Å²) in [5.74, 6) is -2.90. The Morgan fingerprint density at radius 1 is 1.08 bits per heavy atom. The molecule has 0 unspecified atom stereocenters. The number of hydrogen-bond acceptors (Lipinski definition) is 8. The molecule has 0 saturated carbocycles. The zero-order valence-electron chi connectivity index (χ0n) is 19.7. The van der Waals surface area contributed by atoms with Gasteiger partial charge in [-0.05, 0) is 24.6 Å². The van der Waals surface area contributed by atoms with Crippen LogP contribution in [0.1, 0.15) is 12.5 Å². The smallest absolute Gasteiger partial charge is 0.251 e. The van der Waals surface area contributed by atoms with Crippen molar-refractivity contribution in [2.75, 3.05) is 29.9 Å². The van der Waals surface area contributed by atoms with Gasteiger partial charge in [0, 0.05) is 55.3 Å². The minimum atomic E-state index is -1.41. The third-order valence-electron chi connectivity index (χ3n) is 6.27. The number of nitrogens with one attached hydrogen (secondary N) is 2. The highest BCUT2D eigenvalue weighted by molar-refractivity contribution is 6.02. The van der Waals surface area contributed by atoms with Crippen LogP contribution in [0.5, 0.6) is 0 Å². The first-order valence-corrected chi connectivity index (χ1v) is 11.7. The SMILES string of the molecule is C[C@H]1CN(c2nc(-c3ccnc(Nc4nc(F)c(F)cc4F)c3)nc3cncc(C4=CC=C4)c23)CCN1. The van der Waals surface area contributed by atoms with Crippen molar-refractivity contribution in [3.05, 3.63) is 78.2 Å². The first-order chi connectivity index (χ1) is 18.0. The summed E-state index contributed by atoms with van der Waals surface area (Å²) in [4.78, 5) is 23.9. The molecule has 1 fully saturated rings. The Morgan fingerprint density at radius 2 is 1.95 bits per heavy atom. The number of rotatable bonds is 5. The zero-order valence-corrected chi connectivity index (χ0v) is 19.7. The monoisotopic (exact) mass is 502 g/mol. The van der Waals surface area contributed by atoms with E-state index in [1.807, 2.05) is 24.4 Å². The van der Waals surface area contributed by atoms with E-state index in [0.717, 1.165) is 42.0 Å². The van der Waals surface area contributed by atoms with Gasteiger partial charge in [0.2, 0.25) is 0 Å². The topological polar surface area (TPSA) is 91.8 Å². The van der Waals surface area contributed by atoms with Crippen molar-refractivity contribution in [1.29, 1.82) is 0 Å². The minimum Gasteiger partial charge on any atom is -0.353 e. The Bertz CT molecular complexity index is 1590. The third kappa shape index (κ3) is 4.38. The van der Waals surface area contributed by atoms with Crippen molar-refractivity contribution < 1.29 is 13.2 Å². The molecule has 4 aromatic heterocycles. The summed E-state index contributed by atoms with van der Waals surface area (Å²) in [7, 11) is 0. The van der Waals surface area contributed by atoms with E-state index in [2.05, 4.69) is 37.4 Å². The molecule has 186 valence electrons. The van der Waals surface area contributed by atoms with Crippen LogP contribution in [0, 0.1) is 17.6 Å². The molecule has 0 spiro atoms. The van der Waals surface area contributed by atoms with Gasteiger partial charge in [0.25, 0.3) is 5.95 Å². The molecular weight excluding hydrogens is 481 g/mol. The molecule has 37 heavy (non-hydrogen) atoms. The van der Waals surface area contributed by atoms with Crippen molar-refractivity contribution in [3.8, 4) is 11.4 Å². The van der Waals surface area contributed by atoms with E-state index in [9.17, 15) is 13.2 Å². The van der Waals surface area contributed by atoms with E-state index < -0.39 is 23.4 Å². The molecule has 1 aliphatic carbocycles. The molecule has 1 aliphatic heterocycles. The first-order valence-electron chi connectivity index (χ1n) is 11.7. The Labute approximate surface area is 210 Å². The average molecular weight is 503 g/mol. The summed E-state index contributed by atoms with van der Waals surface area (Å²) in [6.45, 7) is 4.49. The molecule has 6 rings (SSSR count). The average Bonchev–Trinajstić information content (AvgIpc) is 2.86. The second kappa shape index (κ2) is 9.25. The second-order valence-electron chi connectivity index (χ2n) is 8.88. The summed E-state index contributed by atoms with van der Waals surface area (Å²) in [6.07, 6.45) is 11.1. The van der Waals surface area contributed by atoms with Crippen LogP contribution in [-0.2, 0) is 0 Å². The van der Waals surface area contributed by atoms with Crippen LogP contribution in [-0.4, -0.2) is 50.6 Å². The lowest BCUT2D eigenvalue weighted by molar-refractivity contribution is 0.467. The summed E-state index contributed by atoms with van der Waals surface area (Å²) in [5.41, 5.74) is 3.31. The van der Waals surface area contributed by atoms with Crippen LogP contribution in [0.4, 0.5) is 30.6 Å². The van der Waals surface area contributed by atoms with Gasteiger partial charge < -0.3 is 15.5 Å². The van der Waals surface area contributed by atoms with Crippen LogP contribution >= 0.6 is 0 Å². The summed E-state index contributed by atoms with van der Waals surface area (Å²) in [6, 6.07) is 4.03. The molecule has 1 saturated heterocycles. The van der Waals surface area contributed by atoms with Gasteiger partial charge in [0.1, 0.15) is 11.6 Å². The summed E-state index contributed by atoms with van der Waals surface area (Å²) < 4.78 is 41.0. The van der Waals surface area contributed by atoms with Gasteiger partial charge in [0.15, 0.2) is 23.3 Å². The molecule has 5 heterocycles. The number of halogens is 3. The minimum absolute atomic E-state index is 0.174. The van der Waals surface area contributed by atoms with Gasteiger partial charge in [-0.1, -0.05) is 18.2 Å². The largest absolute Gasteiger partial charge is 0.353 e. The Balaban J connectivity index is 1.44. The zero-order chi connectivity index (χ0) is 25.5. The van der Waals surface area contributed by atoms with Gasteiger partial charge in [-0.25, -0.2) is 23.7 Å². The maximum atomic E-state index is 14.1. The number of allylic oxidation sites excluding steroid dienone is 4. The van der Waals surface area contributed by atoms with Gasteiger partial charge >= 0.3 is 0 Å². The molecule has 8 nitrogen and oxygen atoms in total. The van der Waals surface area contributed by atoms with Gasteiger partial charge in [0.05, 0.1) is 17.1 Å². The number of fused-ring (bicyclic) bond motifs is 1. The van der Waals surface area contributed by atoms with Crippen molar-refractivity contribution in [1.82, 2.24) is 30.2 Å². The molecule has 0 radical (unpaired) electrons. The lowest BCUT2D eigenvalue weighted by atomic mass is 9.97. The molecule has 2 aliphatic rings. The second-order valence-corrected chi connectivity index (χ2v) is 8.88.